The minimum Gasteiger partial charge on any atom is -0.598 e. The van der Waals surface area contributed by atoms with Gasteiger partial charge in [-0.3, -0.25) is 4.79 Å². The lowest BCUT2D eigenvalue weighted by Crippen LogP contribution is -2.41. The second kappa shape index (κ2) is 7.92. The Balaban J connectivity index is 1.45. The minimum absolute atomic E-state index is 0.0641. The van der Waals surface area contributed by atoms with Gasteiger partial charge in [0.1, 0.15) is 40.2 Å². The molecule has 0 saturated carbocycles. The largest absolute Gasteiger partial charge is 0.598 e. The molecule has 29 heavy (non-hydrogen) atoms. The minimum atomic E-state index is -3.20. The molecule has 1 fully saturated rings. The lowest BCUT2D eigenvalue weighted by molar-refractivity contribution is -0.124. The average Bonchev–Trinajstić information content (AvgIpc) is 3.29. The Bertz CT molecular complexity index is 951. The standard InChI is InChI=1S/C19H24FN5O3S/c1-29(27,28)24-10-8-13(9-11-24)18-23-22-17-7-6-16(25(17)18)19(26)21-12-14-4-2-3-5-15(14)20/h2-5,13,16H,6-12H2,1H3,(H-,21,26,27,28). The molecule has 0 aliphatic carbocycles. The first kappa shape index (κ1) is 20.1. The Labute approximate surface area is 169 Å². The van der Waals surface area contributed by atoms with Crippen molar-refractivity contribution in [1.29, 1.82) is 0 Å². The third-order valence-corrected chi connectivity index (χ3v) is 7.05. The van der Waals surface area contributed by atoms with Gasteiger partial charge in [0.05, 0.1) is 0 Å². The average molecular weight is 421 g/mol. The molecule has 2 unspecified atom stereocenters. The summed E-state index contributed by atoms with van der Waals surface area (Å²) in [4.78, 5) is 12.8. The molecule has 2 aliphatic rings. The normalized spacial score (nSPS) is 22.2. The Morgan fingerprint density at radius 1 is 1.28 bits per heavy atom. The van der Waals surface area contributed by atoms with Gasteiger partial charge in [-0.15, -0.1) is 14.5 Å². The van der Waals surface area contributed by atoms with Crippen LogP contribution in [0.4, 0.5) is 4.39 Å². The number of halogens is 1. The molecule has 1 saturated heterocycles. The smallest absolute Gasteiger partial charge is 0.243 e. The van der Waals surface area contributed by atoms with Crippen LogP contribution in [0.1, 0.15) is 48.4 Å². The molecule has 1 aromatic carbocycles. The summed E-state index contributed by atoms with van der Waals surface area (Å²) in [5, 5.41) is 11.4. The number of rotatable bonds is 5. The van der Waals surface area contributed by atoms with Crippen LogP contribution >= 0.6 is 0 Å². The molecule has 2 aliphatic heterocycles. The molecule has 1 aromatic heterocycles. The maximum absolute atomic E-state index is 13.8. The number of aryl methyl sites for hydroxylation is 1. The number of carbonyl (C=O) groups is 1. The molecule has 0 bridgehead atoms. The van der Waals surface area contributed by atoms with Crippen molar-refractivity contribution >= 4 is 16.3 Å². The first-order chi connectivity index (χ1) is 13.8. The highest BCUT2D eigenvalue weighted by Gasteiger charge is 2.37. The van der Waals surface area contributed by atoms with Gasteiger partial charge in [-0.1, -0.05) is 22.4 Å². The van der Waals surface area contributed by atoms with Crippen LogP contribution < -0.4 is 5.32 Å². The summed E-state index contributed by atoms with van der Waals surface area (Å²) in [6.45, 7) is 1.01. The molecule has 10 heteroatoms. The van der Waals surface area contributed by atoms with Crippen molar-refractivity contribution in [3.8, 4) is 0 Å². The van der Waals surface area contributed by atoms with E-state index < -0.39 is 16.4 Å². The molecule has 0 radical (unpaired) electrons. The third kappa shape index (κ3) is 4.10. The van der Waals surface area contributed by atoms with Crippen molar-refractivity contribution in [1.82, 2.24) is 24.4 Å². The van der Waals surface area contributed by atoms with Gasteiger partial charge in [0.25, 0.3) is 0 Å². The number of sulfonamides is 1. The highest BCUT2D eigenvalue weighted by atomic mass is 32.3. The van der Waals surface area contributed by atoms with Crippen LogP contribution in [0.2, 0.25) is 0 Å². The van der Waals surface area contributed by atoms with Gasteiger partial charge in [0, 0.05) is 37.5 Å². The summed E-state index contributed by atoms with van der Waals surface area (Å²) in [6.07, 6.45) is 3.80. The molecule has 0 spiro atoms. The van der Waals surface area contributed by atoms with Crippen LogP contribution in [0.3, 0.4) is 0 Å². The van der Waals surface area contributed by atoms with Gasteiger partial charge >= 0.3 is 0 Å². The maximum atomic E-state index is 13.8. The van der Waals surface area contributed by atoms with Crippen LogP contribution in [0.15, 0.2) is 24.3 Å². The van der Waals surface area contributed by atoms with E-state index in [4.69, 9.17) is 0 Å². The van der Waals surface area contributed by atoms with Crippen molar-refractivity contribution in [3.05, 3.63) is 47.3 Å². The number of hydrogen-bond donors (Lipinski definition) is 1. The van der Waals surface area contributed by atoms with Crippen LogP contribution in [-0.4, -0.2) is 48.9 Å². The molecule has 4 rings (SSSR count). The molecular weight excluding hydrogens is 397 g/mol. The van der Waals surface area contributed by atoms with E-state index in [0.29, 0.717) is 44.3 Å². The SMILES string of the molecule is C[S+](=O)([O-])N1CCC(c2nnc3n2C(C(=O)NCc2ccccc2F)CC3)CC1. The third-order valence-electron chi connectivity index (χ3n) is 5.75. The van der Waals surface area contributed by atoms with Crippen LogP contribution in [0, 0.1) is 5.82 Å². The molecule has 8 nitrogen and oxygen atoms in total. The number of carbonyl (C=O) groups excluding carboxylic acids is 1. The summed E-state index contributed by atoms with van der Waals surface area (Å²) in [6, 6.07) is 5.95. The fourth-order valence-corrected chi connectivity index (χ4v) is 5.03. The van der Waals surface area contributed by atoms with Gasteiger partial charge < -0.3 is 14.4 Å². The molecule has 1 amide bonds. The Morgan fingerprint density at radius 3 is 2.69 bits per heavy atom. The molecule has 156 valence electrons. The number of hydrogen-bond acceptors (Lipinski definition) is 5. The van der Waals surface area contributed by atoms with Crippen molar-refractivity contribution in [2.24, 2.45) is 0 Å². The fourth-order valence-electron chi connectivity index (χ4n) is 4.16. The van der Waals surface area contributed by atoms with E-state index in [1.54, 1.807) is 18.2 Å². The van der Waals surface area contributed by atoms with E-state index in [0.717, 1.165) is 11.6 Å². The maximum Gasteiger partial charge on any atom is 0.243 e. The zero-order valence-electron chi connectivity index (χ0n) is 16.2. The highest BCUT2D eigenvalue weighted by Crippen LogP contribution is 2.34. The second-order valence-corrected chi connectivity index (χ2v) is 9.63. The lowest BCUT2D eigenvalue weighted by Gasteiger charge is -2.32. The van der Waals surface area contributed by atoms with Crippen LogP contribution in [0.25, 0.3) is 0 Å². The van der Waals surface area contributed by atoms with Gasteiger partial charge in [-0.05, 0) is 25.3 Å². The van der Waals surface area contributed by atoms with Gasteiger partial charge in [-0.2, -0.15) is 0 Å². The number of fused-ring (bicyclic) bond motifs is 1. The summed E-state index contributed by atoms with van der Waals surface area (Å²) < 4.78 is 40.6. The lowest BCUT2D eigenvalue weighted by atomic mass is 9.97. The van der Waals surface area contributed by atoms with Gasteiger partial charge in [0.15, 0.2) is 0 Å². The van der Waals surface area contributed by atoms with E-state index in [9.17, 15) is 17.9 Å². The quantitative estimate of drug-likeness (QED) is 0.739. The van der Waals surface area contributed by atoms with Crippen molar-refractivity contribution in [2.75, 3.05) is 19.3 Å². The summed E-state index contributed by atoms with van der Waals surface area (Å²) in [5.41, 5.74) is 0.441. The van der Waals surface area contributed by atoms with Crippen LogP contribution in [0.5, 0.6) is 0 Å². The predicted octanol–water partition coefficient (Wildman–Crippen LogP) is 1.57. The number of benzene rings is 1. The Hall–Kier alpha value is -2.17. The zero-order valence-corrected chi connectivity index (χ0v) is 17.0. The van der Waals surface area contributed by atoms with E-state index in [1.807, 2.05) is 4.57 Å². The molecular formula is C19H24FN5O3S. The highest BCUT2D eigenvalue weighted by molar-refractivity contribution is 7.94. The molecule has 2 atom stereocenters. The number of aromatic nitrogens is 3. The molecule has 2 aromatic rings. The topological polar surface area (TPSA) is 103 Å². The summed E-state index contributed by atoms with van der Waals surface area (Å²) in [7, 11) is -3.20. The van der Waals surface area contributed by atoms with Crippen LogP contribution in [-0.2, 0) is 32.4 Å². The predicted molar refractivity (Wildman–Crippen MR) is 104 cm³/mol. The summed E-state index contributed by atoms with van der Waals surface area (Å²) >= 11 is 0. The number of nitrogens with one attached hydrogen (secondary N) is 1. The van der Waals surface area contributed by atoms with Gasteiger partial charge in [0.2, 0.25) is 5.91 Å². The van der Waals surface area contributed by atoms with E-state index in [2.05, 4.69) is 15.5 Å². The second-order valence-electron chi connectivity index (χ2n) is 7.64. The number of amides is 1. The molecule has 3 heterocycles. The number of piperidine rings is 1. The number of nitrogens with zero attached hydrogens (tertiary/aromatic N) is 4. The summed E-state index contributed by atoms with van der Waals surface area (Å²) in [5.74, 6) is 1.06. The van der Waals surface area contributed by atoms with E-state index >= 15 is 0 Å². The van der Waals surface area contributed by atoms with Crippen molar-refractivity contribution in [2.45, 2.75) is 44.2 Å². The first-order valence-corrected chi connectivity index (χ1v) is 11.6. The first-order valence-electron chi connectivity index (χ1n) is 9.74. The van der Waals surface area contributed by atoms with Crippen molar-refractivity contribution < 1.29 is 17.9 Å². The molecule has 1 N–H and O–H groups in total. The van der Waals surface area contributed by atoms with Gasteiger partial charge in [-0.25, -0.2) is 4.39 Å². The monoisotopic (exact) mass is 421 g/mol. The Morgan fingerprint density at radius 2 is 2.00 bits per heavy atom. The fraction of sp³-hybridized carbons (Fsp3) is 0.526. The Kier molecular flexibility index (Phi) is 5.50. The van der Waals surface area contributed by atoms with Crippen molar-refractivity contribution in [3.63, 3.8) is 0 Å². The van der Waals surface area contributed by atoms with E-state index in [1.165, 1.54) is 16.6 Å². The zero-order chi connectivity index (χ0) is 20.6. The van der Waals surface area contributed by atoms with E-state index in [-0.39, 0.29) is 24.2 Å².